The lowest BCUT2D eigenvalue weighted by atomic mass is 10.1. The van der Waals surface area contributed by atoms with Crippen LogP contribution in [0.25, 0.3) is 0 Å². The number of benzene rings is 1. The Labute approximate surface area is 105 Å². The third-order valence-electron chi connectivity index (χ3n) is 3.24. The highest BCUT2D eigenvalue weighted by atomic mass is 19.1. The molecule has 1 aromatic carbocycles. The molecule has 1 fully saturated rings. The molecular formula is C13H17FN2O2. The fraction of sp³-hybridized carbons (Fsp3) is 0.462. The summed E-state index contributed by atoms with van der Waals surface area (Å²) < 4.78 is 19.3. The van der Waals surface area contributed by atoms with E-state index >= 15 is 0 Å². The molecule has 1 aromatic rings. The Balaban J connectivity index is 1.95. The van der Waals surface area contributed by atoms with E-state index < -0.39 is 11.7 Å². The van der Waals surface area contributed by atoms with Crippen LogP contribution in [-0.2, 0) is 11.3 Å². The Kier molecular flexibility index (Phi) is 3.93. The normalized spacial score (nSPS) is 23.2. The maximum atomic E-state index is 13.6. The van der Waals surface area contributed by atoms with Gasteiger partial charge < -0.3 is 16.2 Å². The van der Waals surface area contributed by atoms with Gasteiger partial charge in [0.15, 0.2) is 0 Å². The molecule has 0 saturated heterocycles. The van der Waals surface area contributed by atoms with E-state index in [0.29, 0.717) is 5.56 Å². The topological polar surface area (TPSA) is 78.3 Å². The van der Waals surface area contributed by atoms with Crippen molar-refractivity contribution in [1.82, 2.24) is 0 Å². The standard InChI is InChI=1S/C13H17FN2O2/c14-12-5-8(13(16)17)1-2-9(12)7-18-11-4-3-10(15)6-11/h1-2,5,10-11H,3-4,6-7,15H2,(H2,16,17). The van der Waals surface area contributed by atoms with Crippen LogP contribution in [0, 0.1) is 5.82 Å². The van der Waals surface area contributed by atoms with E-state index in [2.05, 4.69) is 0 Å². The molecule has 1 aliphatic carbocycles. The predicted octanol–water partition coefficient (Wildman–Crippen LogP) is 1.32. The number of ether oxygens (including phenoxy) is 1. The van der Waals surface area contributed by atoms with Gasteiger partial charge in [0.25, 0.3) is 0 Å². The molecule has 1 amide bonds. The number of hydrogen-bond donors (Lipinski definition) is 2. The molecule has 2 rings (SSSR count). The molecule has 98 valence electrons. The summed E-state index contributed by atoms with van der Waals surface area (Å²) in [6, 6.07) is 4.37. The number of primary amides is 1. The summed E-state index contributed by atoms with van der Waals surface area (Å²) in [6.07, 6.45) is 2.80. The number of nitrogens with two attached hydrogens (primary N) is 2. The molecule has 0 aromatic heterocycles. The molecule has 4 N–H and O–H groups in total. The Morgan fingerprint density at radius 1 is 1.44 bits per heavy atom. The third kappa shape index (κ3) is 3.05. The molecule has 1 saturated carbocycles. The number of halogens is 1. The van der Waals surface area contributed by atoms with Crippen molar-refractivity contribution in [2.45, 2.75) is 38.0 Å². The van der Waals surface area contributed by atoms with Crippen LogP contribution >= 0.6 is 0 Å². The number of amides is 1. The van der Waals surface area contributed by atoms with Crippen LogP contribution in [0.2, 0.25) is 0 Å². The molecule has 0 radical (unpaired) electrons. The van der Waals surface area contributed by atoms with Gasteiger partial charge in [-0.25, -0.2) is 4.39 Å². The molecule has 5 heteroatoms. The van der Waals surface area contributed by atoms with E-state index in [9.17, 15) is 9.18 Å². The molecule has 0 bridgehead atoms. The Morgan fingerprint density at radius 2 is 2.22 bits per heavy atom. The number of carbonyl (C=O) groups is 1. The summed E-state index contributed by atoms with van der Waals surface area (Å²) in [5, 5.41) is 0. The summed E-state index contributed by atoms with van der Waals surface area (Å²) in [5.41, 5.74) is 11.4. The molecule has 0 spiro atoms. The molecular weight excluding hydrogens is 235 g/mol. The highest BCUT2D eigenvalue weighted by Crippen LogP contribution is 2.22. The van der Waals surface area contributed by atoms with Crippen molar-refractivity contribution in [2.24, 2.45) is 11.5 Å². The highest BCUT2D eigenvalue weighted by Gasteiger charge is 2.22. The number of hydrogen-bond acceptors (Lipinski definition) is 3. The maximum absolute atomic E-state index is 13.6. The predicted molar refractivity (Wildman–Crippen MR) is 65.3 cm³/mol. The van der Waals surface area contributed by atoms with Crippen LogP contribution in [0.1, 0.15) is 35.2 Å². The van der Waals surface area contributed by atoms with Crippen LogP contribution in [-0.4, -0.2) is 18.1 Å². The first-order valence-electron chi connectivity index (χ1n) is 6.01. The number of carbonyl (C=O) groups excluding carboxylic acids is 1. The quantitative estimate of drug-likeness (QED) is 0.848. The van der Waals surface area contributed by atoms with E-state index in [4.69, 9.17) is 16.2 Å². The molecule has 0 heterocycles. The summed E-state index contributed by atoms with van der Waals surface area (Å²) in [5.74, 6) is -1.10. The second-order valence-corrected chi connectivity index (χ2v) is 4.68. The van der Waals surface area contributed by atoms with E-state index in [1.54, 1.807) is 0 Å². The first-order valence-corrected chi connectivity index (χ1v) is 6.01. The monoisotopic (exact) mass is 252 g/mol. The smallest absolute Gasteiger partial charge is 0.248 e. The van der Waals surface area contributed by atoms with Gasteiger partial charge in [-0.2, -0.15) is 0 Å². The van der Waals surface area contributed by atoms with Crippen molar-refractivity contribution in [3.8, 4) is 0 Å². The minimum atomic E-state index is -0.636. The lowest BCUT2D eigenvalue weighted by Gasteiger charge is -2.12. The molecule has 4 nitrogen and oxygen atoms in total. The molecule has 1 aliphatic rings. The van der Waals surface area contributed by atoms with E-state index in [1.807, 2.05) is 0 Å². The van der Waals surface area contributed by atoms with E-state index in [1.165, 1.54) is 12.1 Å². The summed E-state index contributed by atoms with van der Waals surface area (Å²) >= 11 is 0. The minimum Gasteiger partial charge on any atom is -0.373 e. The second-order valence-electron chi connectivity index (χ2n) is 4.68. The summed E-state index contributed by atoms with van der Waals surface area (Å²) in [4.78, 5) is 10.9. The first-order chi connectivity index (χ1) is 8.56. The van der Waals surface area contributed by atoms with Gasteiger partial charge in [-0.1, -0.05) is 6.07 Å². The Morgan fingerprint density at radius 3 is 2.78 bits per heavy atom. The average molecular weight is 252 g/mol. The second kappa shape index (κ2) is 5.46. The summed E-state index contributed by atoms with van der Waals surface area (Å²) in [6.45, 7) is 0.197. The largest absolute Gasteiger partial charge is 0.373 e. The molecule has 2 atom stereocenters. The van der Waals surface area contributed by atoms with Crippen molar-refractivity contribution < 1.29 is 13.9 Å². The first kappa shape index (κ1) is 13.0. The zero-order valence-corrected chi connectivity index (χ0v) is 10.1. The van der Waals surface area contributed by atoms with Gasteiger partial charge in [0.1, 0.15) is 5.82 Å². The average Bonchev–Trinajstić information content (AvgIpc) is 2.73. The zero-order valence-electron chi connectivity index (χ0n) is 10.1. The summed E-state index contributed by atoms with van der Waals surface area (Å²) in [7, 11) is 0. The van der Waals surface area contributed by atoms with Crippen molar-refractivity contribution in [1.29, 1.82) is 0 Å². The van der Waals surface area contributed by atoms with Crippen LogP contribution in [0.4, 0.5) is 4.39 Å². The van der Waals surface area contributed by atoms with Gasteiger partial charge in [0.05, 0.1) is 12.7 Å². The lowest BCUT2D eigenvalue weighted by molar-refractivity contribution is 0.0432. The van der Waals surface area contributed by atoms with Gasteiger partial charge in [-0.15, -0.1) is 0 Å². The maximum Gasteiger partial charge on any atom is 0.248 e. The van der Waals surface area contributed by atoms with Gasteiger partial charge in [-0.3, -0.25) is 4.79 Å². The Bertz CT molecular complexity index is 451. The van der Waals surface area contributed by atoms with Crippen molar-refractivity contribution in [3.05, 3.63) is 35.1 Å². The molecule has 18 heavy (non-hydrogen) atoms. The van der Waals surface area contributed by atoms with Crippen molar-refractivity contribution in [3.63, 3.8) is 0 Å². The SMILES string of the molecule is NC(=O)c1ccc(COC2CCC(N)C2)c(F)c1. The lowest BCUT2D eigenvalue weighted by Crippen LogP contribution is -2.17. The van der Waals surface area contributed by atoms with Gasteiger partial charge in [0, 0.05) is 17.2 Å². The van der Waals surface area contributed by atoms with Gasteiger partial charge in [0.2, 0.25) is 5.91 Å². The van der Waals surface area contributed by atoms with E-state index in [0.717, 1.165) is 25.3 Å². The van der Waals surface area contributed by atoms with Gasteiger partial charge in [-0.05, 0) is 31.4 Å². The van der Waals surface area contributed by atoms with Crippen molar-refractivity contribution in [2.75, 3.05) is 0 Å². The van der Waals surface area contributed by atoms with Crippen LogP contribution in [0.5, 0.6) is 0 Å². The Hall–Kier alpha value is -1.46. The fourth-order valence-corrected chi connectivity index (χ4v) is 2.15. The minimum absolute atomic E-state index is 0.107. The van der Waals surface area contributed by atoms with E-state index in [-0.39, 0.29) is 24.3 Å². The fourth-order valence-electron chi connectivity index (χ4n) is 2.15. The van der Waals surface area contributed by atoms with Crippen LogP contribution < -0.4 is 11.5 Å². The van der Waals surface area contributed by atoms with Crippen LogP contribution in [0.15, 0.2) is 18.2 Å². The van der Waals surface area contributed by atoms with Crippen LogP contribution in [0.3, 0.4) is 0 Å². The number of rotatable bonds is 4. The molecule has 0 aliphatic heterocycles. The van der Waals surface area contributed by atoms with Gasteiger partial charge >= 0.3 is 0 Å². The third-order valence-corrected chi connectivity index (χ3v) is 3.24. The van der Waals surface area contributed by atoms with Crippen molar-refractivity contribution >= 4 is 5.91 Å². The highest BCUT2D eigenvalue weighted by molar-refractivity contribution is 5.92. The molecule has 2 unspecified atom stereocenters. The zero-order chi connectivity index (χ0) is 13.1.